The van der Waals surface area contributed by atoms with E-state index in [9.17, 15) is 13.6 Å². The summed E-state index contributed by atoms with van der Waals surface area (Å²) in [6.45, 7) is 3.90. The zero-order valence-electron chi connectivity index (χ0n) is 18.1. The number of carbonyl (C=O) groups is 1. The van der Waals surface area contributed by atoms with Gasteiger partial charge in [0.05, 0.1) is 22.9 Å². The summed E-state index contributed by atoms with van der Waals surface area (Å²) in [6.07, 6.45) is 1.64. The first-order valence-electron chi connectivity index (χ1n) is 10.0. The van der Waals surface area contributed by atoms with Crippen molar-refractivity contribution in [3.05, 3.63) is 88.1 Å². The van der Waals surface area contributed by atoms with Crippen molar-refractivity contribution < 1.29 is 18.1 Å². The number of aryl methyl sites for hydroxylation is 2. The molecule has 1 amide bonds. The second-order valence-corrected chi connectivity index (χ2v) is 8.21. The molecule has 170 valence electrons. The summed E-state index contributed by atoms with van der Waals surface area (Å²) in [5.41, 5.74) is 1.35. The first-order valence-corrected chi connectivity index (χ1v) is 10.4. The molecule has 0 aliphatic heterocycles. The Kier molecular flexibility index (Phi) is 5.99. The van der Waals surface area contributed by atoms with E-state index in [1.165, 1.54) is 16.8 Å². The Bertz CT molecular complexity index is 1340. The van der Waals surface area contributed by atoms with Crippen LogP contribution >= 0.6 is 11.6 Å². The lowest BCUT2D eigenvalue weighted by Gasteiger charge is -2.29. The number of nitrogens with one attached hydrogen (secondary N) is 1. The Morgan fingerprint density at radius 3 is 2.70 bits per heavy atom. The summed E-state index contributed by atoms with van der Waals surface area (Å²) in [4.78, 5) is 17.5. The van der Waals surface area contributed by atoms with Crippen LogP contribution in [0, 0.1) is 18.6 Å². The maximum Gasteiger partial charge on any atom is 0.273 e. The van der Waals surface area contributed by atoms with Gasteiger partial charge in [-0.15, -0.1) is 0 Å². The van der Waals surface area contributed by atoms with Crippen molar-refractivity contribution in [3.63, 3.8) is 0 Å². The molecule has 0 spiro atoms. The summed E-state index contributed by atoms with van der Waals surface area (Å²) in [7, 11) is 1.72. The Morgan fingerprint density at radius 2 is 2.03 bits per heavy atom. The third-order valence-corrected chi connectivity index (χ3v) is 5.90. The maximum absolute atomic E-state index is 14.0. The van der Waals surface area contributed by atoms with Gasteiger partial charge in [-0.2, -0.15) is 5.10 Å². The molecule has 10 heteroatoms. The fourth-order valence-corrected chi connectivity index (χ4v) is 3.81. The van der Waals surface area contributed by atoms with Gasteiger partial charge in [-0.3, -0.25) is 14.5 Å². The number of rotatable bonds is 6. The van der Waals surface area contributed by atoms with Gasteiger partial charge in [0.25, 0.3) is 5.91 Å². The van der Waals surface area contributed by atoms with Crippen LogP contribution < -0.4 is 5.32 Å². The molecule has 0 fully saturated rings. The molecule has 0 aliphatic carbocycles. The van der Waals surface area contributed by atoms with Crippen molar-refractivity contribution in [2.45, 2.75) is 19.3 Å². The van der Waals surface area contributed by atoms with Crippen LogP contribution in [-0.2, 0) is 12.5 Å². The highest BCUT2D eigenvalue weighted by Crippen LogP contribution is 2.35. The smallest absolute Gasteiger partial charge is 0.273 e. The molecule has 4 rings (SSSR count). The summed E-state index contributed by atoms with van der Waals surface area (Å²) in [5, 5.41) is 11.2. The number of aromatic nitrogens is 4. The fraction of sp³-hybridized carbons (Fsp3) is 0.217. The molecule has 33 heavy (non-hydrogen) atoms. The molecule has 3 heterocycles. The number of halogens is 3. The van der Waals surface area contributed by atoms with Gasteiger partial charge in [0.2, 0.25) is 0 Å². The minimum atomic E-state index is -0.817. The number of nitrogens with zero attached hydrogens (tertiary/aromatic N) is 4. The van der Waals surface area contributed by atoms with E-state index in [0.717, 1.165) is 17.8 Å². The van der Waals surface area contributed by atoms with Crippen molar-refractivity contribution in [1.29, 1.82) is 0 Å². The van der Waals surface area contributed by atoms with Crippen LogP contribution in [0.3, 0.4) is 0 Å². The van der Waals surface area contributed by atoms with Gasteiger partial charge >= 0.3 is 0 Å². The molecule has 1 N–H and O–H groups in total. The van der Waals surface area contributed by atoms with Crippen molar-refractivity contribution in [3.8, 4) is 11.3 Å². The number of benzene rings is 1. The van der Waals surface area contributed by atoms with E-state index in [-0.39, 0.29) is 23.6 Å². The van der Waals surface area contributed by atoms with Gasteiger partial charge in [-0.1, -0.05) is 22.8 Å². The van der Waals surface area contributed by atoms with Crippen LogP contribution in [0.25, 0.3) is 11.3 Å². The van der Waals surface area contributed by atoms with Crippen LogP contribution in [0.15, 0.2) is 53.2 Å². The van der Waals surface area contributed by atoms with E-state index in [1.54, 1.807) is 13.2 Å². The predicted molar refractivity (Wildman–Crippen MR) is 118 cm³/mol. The largest absolute Gasteiger partial charge is 0.355 e. The number of hydrogen-bond acceptors (Lipinski definition) is 5. The minimum Gasteiger partial charge on any atom is -0.355 e. The van der Waals surface area contributed by atoms with Crippen molar-refractivity contribution >= 4 is 17.5 Å². The average Bonchev–Trinajstić information content (AvgIpc) is 3.39. The molecular formula is C23H20ClF2N5O2. The van der Waals surface area contributed by atoms with Gasteiger partial charge in [-0.25, -0.2) is 8.78 Å². The Balaban J connectivity index is 1.60. The lowest BCUT2D eigenvalue weighted by molar-refractivity contribution is 0.0938. The third kappa shape index (κ3) is 4.36. The second kappa shape index (κ2) is 8.74. The van der Waals surface area contributed by atoms with Gasteiger partial charge in [0.15, 0.2) is 11.5 Å². The van der Waals surface area contributed by atoms with E-state index in [4.69, 9.17) is 16.1 Å². The van der Waals surface area contributed by atoms with Crippen LogP contribution in [-0.4, -0.2) is 32.4 Å². The van der Waals surface area contributed by atoms with Gasteiger partial charge in [0.1, 0.15) is 16.8 Å². The van der Waals surface area contributed by atoms with Crippen LogP contribution in [0.1, 0.15) is 34.4 Å². The maximum atomic E-state index is 14.0. The van der Waals surface area contributed by atoms with Crippen LogP contribution in [0.2, 0.25) is 5.15 Å². The molecule has 1 aromatic carbocycles. The monoisotopic (exact) mass is 471 g/mol. The SMILES string of the molecule is Cc1cccc(C(C)(CNC(=O)c2cc(-c3ccc(F)cc3F)on2)c2cnn(C)c2Cl)n1. The highest BCUT2D eigenvalue weighted by Gasteiger charge is 2.35. The van der Waals surface area contributed by atoms with Crippen LogP contribution in [0.5, 0.6) is 0 Å². The average molecular weight is 472 g/mol. The van der Waals surface area contributed by atoms with Crippen LogP contribution in [0.4, 0.5) is 8.78 Å². The summed E-state index contributed by atoms with van der Waals surface area (Å²) >= 11 is 6.48. The summed E-state index contributed by atoms with van der Waals surface area (Å²) in [5.74, 6) is -2.06. The van der Waals surface area contributed by atoms with Gasteiger partial charge in [-0.05, 0) is 38.1 Å². The molecule has 0 aliphatic rings. The highest BCUT2D eigenvalue weighted by atomic mass is 35.5. The molecule has 0 radical (unpaired) electrons. The third-order valence-electron chi connectivity index (χ3n) is 5.46. The molecule has 3 aromatic heterocycles. The standard InChI is InChI=1S/C23H20ClF2N5O2/c1-13-5-4-6-20(29-13)23(2,16-11-28-31(3)21(16)24)12-27-22(32)18-10-19(33-30-18)15-8-7-14(25)9-17(15)26/h4-11H,12H2,1-3H3,(H,27,32). The molecule has 4 aromatic rings. The number of amides is 1. The first kappa shape index (κ1) is 22.6. The van der Waals surface area contributed by atoms with E-state index < -0.39 is 23.0 Å². The minimum absolute atomic E-state index is 0.00103. The molecule has 0 saturated carbocycles. The number of carbonyl (C=O) groups excluding carboxylic acids is 1. The van der Waals surface area contributed by atoms with Crippen molar-refractivity contribution in [2.24, 2.45) is 7.05 Å². The van der Waals surface area contributed by atoms with E-state index in [2.05, 4.69) is 20.6 Å². The molecule has 0 bridgehead atoms. The zero-order valence-corrected chi connectivity index (χ0v) is 18.8. The highest BCUT2D eigenvalue weighted by molar-refractivity contribution is 6.30. The first-order chi connectivity index (χ1) is 15.7. The predicted octanol–water partition coefficient (Wildman–Crippen LogP) is 4.45. The zero-order chi connectivity index (χ0) is 23.8. The molecular weight excluding hydrogens is 452 g/mol. The Hall–Kier alpha value is -3.59. The Morgan fingerprint density at radius 1 is 1.24 bits per heavy atom. The quantitative estimate of drug-likeness (QED) is 0.449. The van der Waals surface area contributed by atoms with Gasteiger partial charge in [0, 0.05) is 37.0 Å². The van der Waals surface area contributed by atoms with Crippen molar-refractivity contribution in [1.82, 2.24) is 25.2 Å². The molecule has 0 saturated heterocycles. The molecule has 1 atom stereocenters. The molecule has 7 nitrogen and oxygen atoms in total. The van der Waals surface area contributed by atoms with E-state index in [0.29, 0.717) is 16.4 Å². The summed E-state index contributed by atoms with van der Waals surface area (Å²) in [6, 6.07) is 9.95. The van der Waals surface area contributed by atoms with E-state index >= 15 is 0 Å². The summed E-state index contributed by atoms with van der Waals surface area (Å²) < 4.78 is 33.9. The normalized spacial score (nSPS) is 13.0. The second-order valence-electron chi connectivity index (χ2n) is 7.85. The van der Waals surface area contributed by atoms with Gasteiger partial charge < -0.3 is 9.84 Å². The number of hydrogen-bond donors (Lipinski definition) is 1. The fourth-order valence-electron chi connectivity index (χ4n) is 3.51. The lowest BCUT2D eigenvalue weighted by Crippen LogP contribution is -2.40. The van der Waals surface area contributed by atoms with E-state index in [1.807, 2.05) is 32.0 Å². The Labute approximate surface area is 193 Å². The van der Waals surface area contributed by atoms with Crippen molar-refractivity contribution in [2.75, 3.05) is 6.54 Å². The topological polar surface area (TPSA) is 85.8 Å². The lowest BCUT2D eigenvalue weighted by atomic mass is 9.80. The number of pyridine rings is 1. The molecule has 1 unspecified atom stereocenters.